The third-order valence-electron chi connectivity index (χ3n) is 4.32. The summed E-state index contributed by atoms with van der Waals surface area (Å²) < 4.78 is 44.9. The molecule has 0 spiro atoms. The molecule has 0 aliphatic heterocycles. The number of carbonyl (C=O) groups excluding carboxylic acids is 3. The average Bonchev–Trinajstić information content (AvgIpc) is 3.17. The number of hydrogen-bond donors (Lipinski definition) is 2. The van der Waals surface area contributed by atoms with Crippen LogP contribution in [0.4, 0.5) is 24.8 Å². The van der Waals surface area contributed by atoms with Crippen molar-refractivity contribution in [2.24, 2.45) is 10.8 Å². The van der Waals surface area contributed by atoms with Gasteiger partial charge in [-0.3, -0.25) is 9.59 Å². The molecule has 2 aromatic heterocycles. The summed E-state index contributed by atoms with van der Waals surface area (Å²) in [5.74, 6) is -3.80. The van der Waals surface area contributed by atoms with Crippen LogP contribution >= 0.6 is 0 Å². The Morgan fingerprint density at radius 2 is 1.50 bits per heavy atom. The number of carbonyl (C=O) groups is 3. The van der Waals surface area contributed by atoms with Gasteiger partial charge in [0.15, 0.2) is 5.82 Å². The van der Waals surface area contributed by atoms with Crippen molar-refractivity contribution in [2.45, 2.75) is 54.6 Å². The van der Waals surface area contributed by atoms with Crippen molar-refractivity contribution in [1.82, 2.24) is 19.7 Å². The number of anilines is 2. The van der Waals surface area contributed by atoms with Crippen LogP contribution in [-0.4, -0.2) is 44.1 Å². The van der Waals surface area contributed by atoms with Crippen LogP contribution in [0.5, 0.6) is 0 Å². The SMILES string of the molecule is CCOC(=O)c1cc(-n2cnc(C(F)(F)F)n2)c(NC(=O)C(C)(C)C)nc1NC(=O)C(C)(C)C. The van der Waals surface area contributed by atoms with Crippen LogP contribution in [0, 0.1) is 10.8 Å². The second-order valence-corrected chi connectivity index (χ2v) is 9.39. The van der Waals surface area contributed by atoms with Gasteiger partial charge < -0.3 is 15.4 Å². The summed E-state index contributed by atoms with van der Waals surface area (Å²) in [4.78, 5) is 45.3. The molecule has 13 heteroatoms. The molecule has 0 radical (unpaired) electrons. The Hall–Kier alpha value is -3.51. The number of rotatable bonds is 5. The summed E-state index contributed by atoms with van der Waals surface area (Å²) in [6.07, 6.45) is -4.05. The van der Waals surface area contributed by atoms with Gasteiger partial charge in [-0.05, 0) is 13.0 Å². The van der Waals surface area contributed by atoms with E-state index in [0.717, 1.165) is 17.1 Å². The lowest BCUT2D eigenvalue weighted by molar-refractivity contribution is -0.144. The monoisotopic (exact) mass is 484 g/mol. The fourth-order valence-electron chi connectivity index (χ4n) is 2.33. The van der Waals surface area contributed by atoms with Crippen molar-refractivity contribution in [3.05, 3.63) is 23.8 Å². The molecule has 0 aliphatic rings. The fraction of sp³-hybridized carbons (Fsp3) is 0.524. The third kappa shape index (κ3) is 6.29. The number of esters is 1. The zero-order valence-corrected chi connectivity index (χ0v) is 19.9. The minimum atomic E-state index is -4.82. The molecule has 2 N–H and O–H groups in total. The highest BCUT2D eigenvalue weighted by molar-refractivity contribution is 6.03. The second kappa shape index (κ2) is 9.39. The van der Waals surface area contributed by atoms with E-state index in [1.54, 1.807) is 48.5 Å². The highest BCUT2D eigenvalue weighted by atomic mass is 19.4. The molecule has 0 bridgehead atoms. The zero-order chi connectivity index (χ0) is 26.1. The van der Waals surface area contributed by atoms with Gasteiger partial charge in [0.1, 0.15) is 23.4 Å². The predicted molar refractivity (Wildman–Crippen MR) is 116 cm³/mol. The van der Waals surface area contributed by atoms with Gasteiger partial charge in [0.05, 0.1) is 6.61 Å². The van der Waals surface area contributed by atoms with Gasteiger partial charge in [0.25, 0.3) is 5.82 Å². The molecule has 0 aliphatic carbocycles. The Morgan fingerprint density at radius 3 is 1.94 bits per heavy atom. The molecular weight excluding hydrogens is 457 g/mol. The topological polar surface area (TPSA) is 128 Å². The number of aromatic nitrogens is 4. The van der Waals surface area contributed by atoms with E-state index in [4.69, 9.17) is 4.74 Å². The number of nitrogens with zero attached hydrogens (tertiary/aromatic N) is 4. The summed E-state index contributed by atoms with van der Waals surface area (Å²) >= 11 is 0. The molecule has 186 valence electrons. The molecule has 2 aromatic rings. The zero-order valence-electron chi connectivity index (χ0n) is 19.9. The van der Waals surface area contributed by atoms with Gasteiger partial charge in [0, 0.05) is 10.8 Å². The lowest BCUT2D eigenvalue weighted by Gasteiger charge is -2.22. The van der Waals surface area contributed by atoms with E-state index in [0.29, 0.717) is 0 Å². The molecule has 10 nitrogen and oxygen atoms in total. The van der Waals surface area contributed by atoms with Gasteiger partial charge >= 0.3 is 12.1 Å². The summed E-state index contributed by atoms with van der Waals surface area (Å²) in [5, 5.41) is 8.46. The standard InChI is InChI=1S/C21H27F3N6O4/c1-8-34-15(31)11-9-12(30-10-25-16(29-30)21(22,23)24)14(28-18(33)20(5,6)7)26-13(11)27-17(32)19(2,3)4/h9-10H,8H2,1-7H3,(H2,26,27,28,32,33). The van der Waals surface area contributed by atoms with Crippen molar-refractivity contribution in [3.8, 4) is 5.69 Å². The highest BCUT2D eigenvalue weighted by Crippen LogP contribution is 2.30. The number of ether oxygens (including phenoxy) is 1. The Kier molecular flexibility index (Phi) is 7.38. The number of nitrogens with one attached hydrogen (secondary N) is 2. The summed E-state index contributed by atoms with van der Waals surface area (Å²) in [6, 6.07) is 1.12. The average molecular weight is 484 g/mol. The number of alkyl halides is 3. The molecule has 2 rings (SSSR count). The fourth-order valence-corrected chi connectivity index (χ4v) is 2.33. The first kappa shape index (κ1) is 26.7. The maximum Gasteiger partial charge on any atom is 0.453 e. The molecule has 34 heavy (non-hydrogen) atoms. The molecule has 2 heterocycles. The molecule has 0 atom stereocenters. The van der Waals surface area contributed by atoms with Crippen LogP contribution in [0.2, 0.25) is 0 Å². The quantitative estimate of drug-likeness (QED) is 0.618. The molecule has 0 saturated heterocycles. The second-order valence-electron chi connectivity index (χ2n) is 9.39. The molecular formula is C21H27F3N6O4. The summed E-state index contributed by atoms with van der Waals surface area (Å²) in [5.41, 5.74) is -2.19. The van der Waals surface area contributed by atoms with Crippen molar-refractivity contribution in [3.63, 3.8) is 0 Å². The van der Waals surface area contributed by atoms with E-state index < -0.39 is 40.6 Å². The Morgan fingerprint density at radius 1 is 0.971 bits per heavy atom. The van der Waals surface area contributed by atoms with Crippen molar-refractivity contribution >= 4 is 29.4 Å². The van der Waals surface area contributed by atoms with Crippen molar-refractivity contribution in [2.75, 3.05) is 17.2 Å². The van der Waals surface area contributed by atoms with E-state index in [-0.39, 0.29) is 29.5 Å². The molecule has 0 unspecified atom stereocenters. The van der Waals surface area contributed by atoms with Crippen LogP contribution in [0.15, 0.2) is 12.4 Å². The van der Waals surface area contributed by atoms with E-state index in [1.807, 2.05) is 0 Å². The van der Waals surface area contributed by atoms with E-state index in [1.165, 1.54) is 0 Å². The molecule has 0 saturated carbocycles. The Bertz CT molecular complexity index is 1100. The van der Waals surface area contributed by atoms with Crippen LogP contribution in [0.25, 0.3) is 5.69 Å². The number of pyridine rings is 1. The van der Waals surface area contributed by atoms with E-state index in [2.05, 4.69) is 25.7 Å². The molecule has 2 amide bonds. The normalized spacial score (nSPS) is 12.3. The lowest BCUT2D eigenvalue weighted by atomic mass is 9.95. The minimum absolute atomic E-state index is 0.00904. The van der Waals surface area contributed by atoms with Gasteiger partial charge in [-0.2, -0.15) is 13.2 Å². The first-order valence-corrected chi connectivity index (χ1v) is 10.3. The smallest absolute Gasteiger partial charge is 0.453 e. The predicted octanol–water partition coefficient (Wildman–Crippen LogP) is 3.83. The number of halogens is 3. The van der Waals surface area contributed by atoms with Crippen molar-refractivity contribution < 1.29 is 32.3 Å². The molecule has 0 fully saturated rings. The van der Waals surface area contributed by atoms with Crippen molar-refractivity contribution in [1.29, 1.82) is 0 Å². The number of hydrogen-bond acceptors (Lipinski definition) is 7. The van der Waals surface area contributed by atoms with Gasteiger partial charge in [0.2, 0.25) is 11.8 Å². The maximum absolute atomic E-state index is 13.1. The maximum atomic E-state index is 13.1. The van der Waals surface area contributed by atoms with Gasteiger partial charge in [-0.15, -0.1) is 5.10 Å². The highest BCUT2D eigenvalue weighted by Gasteiger charge is 2.36. The third-order valence-corrected chi connectivity index (χ3v) is 4.32. The lowest BCUT2D eigenvalue weighted by Crippen LogP contribution is -2.31. The Balaban J connectivity index is 2.75. The number of amides is 2. The van der Waals surface area contributed by atoms with Crippen LogP contribution in [0.1, 0.15) is 64.6 Å². The van der Waals surface area contributed by atoms with Crippen LogP contribution in [-0.2, 0) is 20.5 Å². The summed E-state index contributed by atoms with van der Waals surface area (Å²) in [6.45, 7) is 11.3. The van der Waals surface area contributed by atoms with Crippen LogP contribution in [0.3, 0.4) is 0 Å². The van der Waals surface area contributed by atoms with Crippen LogP contribution < -0.4 is 10.6 Å². The largest absolute Gasteiger partial charge is 0.462 e. The first-order chi connectivity index (χ1) is 15.4. The van der Waals surface area contributed by atoms with Gasteiger partial charge in [-0.25, -0.2) is 19.4 Å². The van der Waals surface area contributed by atoms with Gasteiger partial charge in [-0.1, -0.05) is 41.5 Å². The van der Waals surface area contributed by atoms with E-state index >= 15 is 0 Å². The Labute approximate surface area is 194 Å². The van der Waals surface area contributed by atoms with E-state index in [9.17, 15) is 27.6 Å². The molecule has 0 aromatic carbocycles. The minimum Gasteiger partial charge on any atom is -0.462 e. The summed E-state index contributed by atoms with van der Waals surface area (Å²) in [7, 11) is 0. The first-order valence-electron chi connectivity index (χ1n) is 10.3.